The van der Waals surface area contributed by atoms with Crippen molar-refractivity contribution in [1.82, 2.24) is 0 Å². The Labute approximate surface area is 262 Å². The van der Waals surface area contributed by atoms with Gasteiger partial charge in [0.25, 0.3) is 0 Å². The number of aliphatic imine (C=N–C) groups is 1. The van der Waals surface area contributed by atoms with Gasteiger partial charge in [-0.25, -0.2) is 0 Å². The molecule has 16 heteroatoms. The van der Waals surface area contributed by atoms with Crippen LogP contribution < -0.4 is 34.4 Å². The van der Waals surface area contributed by atoms with Crippen LogP contribution in [0, 0.1) is 0 Å². The summed E-state index contributed by atoms with van der Waals surface area (Å²) in [4.78, 5) is 35.5. The molecule has 0 aromatic carbocycles. The lowest BCUT2D eigenvalue weighted by Crippen LogP contribution is -2.45. The molecule has 258 valence electrons. The van der Waals surface area contributed by atoms with Crippen molar-refractivity contribution in [3.8, 4) is 0 Å². The van der Waals surface area contributed by atoms with Gasteiger partial charge in [0.15, 0.2) is 5.96 Å². The Morgan fingerprint density at radius 2 is 1.12 bits per heavy atom. The number of guanidine groups is 1. The smallest absolute Gasteiger partial charge is 0.185 e. The fourth-order valence-corrected chi connectivity index (χ4v) is 2.94. The normalized spacial score (nSPS) is 15.2. The summed E-state index contributed by atoms with van der Waals surface area (Å²) in [7, 11) is 0. The van der Waals surface area contributed by atoms with E-state index in [9.17, 15) is 14.4 Å². The largest absolute Gasteiger partial charge is 0.394 e. The summed E-state index contributed by atoms with van der Waals surface area (Å²) >= 11 is 4.00. The van der Waals surface area contributed by atoms with Gasteiger partial charge in [0.2, 0.25) is 0 Å². The summed E-state index contributed by atoms with van der Waals surface area (Å²) in [6.45, 7) is 6.72. The molecule has 0 saturated carbocycles. The number of nitrogens with two attached hydrogens (primary N) is 6. The first-order chi connectivity index (χ1) is 19.9. The van der Waals surface area contributed by atoms with E-state index < -0.39 is 31.0 Å². The van der Waals surface area contributed by atoms with E-state index in [1.165, 1.54) is 20.8 Å². The van der Waals surface area contributed by atoms with Crippen LogP contribution in [0.2, 0.25) is 0 Å². The van der Waals surface area contributed by atoms with Crippen LogP contribution in [0.4, 0.5) is 0 Å². The summed E-state index contributed by atoms with van der Waals surface area (Å²) in [6.07, 6.45) is 0.582. The lowest BCUT2D eigenvalue weighted by Gasteiger charge is -2.24. The average Bonchev–Trinajstić information content (AvgIpc) is 2.96. The van der Waals surface area contributed by atoms with Gasteiger partial charge in [-0.15, -0.1) is 0 Å². The SMILES string of the molecule is CC(=O)[C@@H](N)CCCCN.CC(=O)[C@@H](N)CCCN=C(N)N.CC(=O)[C@@H](N)CCCS.CC[C@@H](O)[C@@H](O)[C@H](O)[C@H](O)CO. The number of aliphatic hydroxyl groups excluding tert-OH is 5. The predicted octanol–water partition coefficient (Wildman–Crippen LogP) is -2.57. The molecule has 0 bridgehead atoms. The summed E-state index contributed by atoms with van der Waals surface area (Å²) in [5.41, 5.74) is 31.8. The summed E-state index contributed by atoms with van der Waals surface area (Å²) in [6, 6.07) is -0.914. The van der Waals surface area contributed by atoms with Crippen LogP contribution in [-0.2, 0) is 14.4 Å². The quantitative estimate of drug-likeness (QED) is 0.0298. The highest BCUT2D eigenvalue weighted by molar-refractivity contribution is 7.80. The van der Waals surface area contributed by atoms with Crippen molar-refractivity contribution in [1.29, 1.82) is 0 Å². The number of thiol groups is 1. The number of ketones is 3. The molecule has 17 N–H and O–H groups in total. The van der Waals surface area contributed by atoms with E-state index in [2.05, 4.69) is 17.6 Å². The number of nitrogens with zero attached hydrogens (tertiary/aromatic N) is 1. The zero-order valence-electron chi connectivity index (χ0n) is 26.3. The zero-order chi connectivity index (χ0) is 34.5. The number of Topliss-reactive ketones (excluding diaryl/α,β-unsaturated/α-hetero) is 3. The molecule has 43 heavy (non-hydrogen) atoms. The lowest BCUT2D eigenvalue weighted by atomic mass is 10.0. The second-order valence-corrected chi connectivity index (χ2v) is 10.4. The van der Waals surface area contributed by atoms with Crippen molar-refractivity contribution >= 4 is 35.9 Å². The average molecular weight is 644 g/mol. The van der Waals surface area contributed by atoms with Crippen molar-refractivity contribution in [3.63, 3.8) is 0 Å². The first-order valence-corrected chi connectivity index (χ1v) is 15.0. The number of carbonyl (C=O) groups is 3. The Bertz CT molecular complexity index is 719. The maximum absolute atomic E-state index is 10.7. The second kappa shape index (κ2) is 31.7. The van der Waals surface area contributed by atoms with Gasteiger partial charge in [-0.3, -0.25) is 19.4 Å². The number of hydrogen-bond acceptors (Lipinski definition) is 14. The lowest BCUT2D eigenvalue weighted by molar-refractivity contribution is -0.119. The topological polar surface area (TPSA) is 321 Å². The fourth-order valence-electron chi connectivity index (χ4n) is 2.75. The highest BCUT2D eigenvalue weighted by atomic mass is 32.1. The second-order valence-electron chi connectivity index (χ2n) is 9.96. The monoisotopic (exact) mass is 643 g/mol. The van der Waals surface area contributed by atoms with Crippen molar-refractivity contribution in [2.75, 3.05) is 25.4 Å². The van der Waals surface area contributed by atoms with Gasteiger partial charge in [-0.2, -0.15) is 12.6 Å². The third-order valence-electron chi connectivity index (χ3n) is 5.92. The molecule has 0 fully saturated rings. The van der Waals surface area contributed by atoms with E-state index in [4.69, 9.17) is 59.9 Å². The number of hydrogen-bond donors (Lipinski definition) is 12. The van der Waals surface area contributed by atoms with Gasteiger partial charge in [-0.1, -0.05) is 13.3 Å². The third kappa shape index (κ3) is 33.0. The molecular weight excluding hydrogens is 582 g/mol. The van der Waals surface area contributed by atoms with Gasteiger partial charge in [-0.05, 0) is 78.0 Å². The van der Waals surface area contributed by atoms with Gasteiger partial charge in [0.1, 0.15) is 35.7 Å². The van der Waals surface area contributed by atoms with Crippen molar-refractivity contribution < 1.29 is 39.9 Å². The fraction of sp³-hybridized carbons (Fsp3) is 0.852. The molecule has 0 rings (SSSR count). The zero-order valence-corrected chi connectivity index (χ0v) is 27.2. The maximum atomic E-state index is 10.7. The highest BCUT2D eigenvalue weighted by Crippen LogP contribution is 2.07. The number of rotatable bonds is 19. The molecule has 0 saturated heterocycles. The molecule has 0 aromatic rings. The Hall–Kier alpha value is -1.73. The minimum atomic E-state index is -1.51. The number of unbranched alkanes of at least 4 members (excludes halogenated alkanes) is 1. The van der Waals surface area contributed by atoms with Crippen LogP contribution in [0.3, 0.4) is 0 Å². The van der Waals surface area contributed by atoms with Gasteiger partial charge < -0.3 is 59.9 Å². The van der Waals surface area contributed by atoms with Gasteiger partial charge >= 0.3 is 0 Å². The van der Waals surface area contributed by atoms with Crippen LogP contribution in [0.1, 0.15) is 79.1 Å². The number of carbonyl (C=O) groups excluding carboxylic acids is 3. The Balaban J connectivity index is -0.000000237. The minimum absolute atomic E-state index is 0.000278. The standard InChI is InChI=1S/C7H16N4O.C7H16N2O.C7H16O5.C6H13NOS/c1-5(12)6(8)3-2-4-11-7(9)10;1-6(10)7(9)4-2-3-5-8;1-2-4(9)6(11)7(12)5(10)3-8;1-5(8)6(7)3-2-4-9/h6H,2-4,8H2,1H3,(H4,9,10,11);7H,2-5,8-9H2,1H3;4-12H,2-3H2,1H3;6,9H,2-4,7H2,1H3/t6-;7-;4-,5-,6-,7-;6-/m0010/s1. The molecule has 7 atom stereocenters. The predicted molar refractivity (Wildman–Crippen MR) is 173 cm³/mol. The minimum Gasteiger partial charge on any atom is -0.394 e. The van der Waals surface area contributed by atoms with Crippen LogP contribution in [0.5, 0.6) is 0 Å². The van der Waals surface area contributed by atoms with Crippen LogP contribution in [0.15, 0.2) is 4.99 Å². The molecule has 0 spiro atoms. The first-order valence-electron chi connectivity index (χ1n) is 14.4. The molecule has 0 aliphatic carbocycles. The molecule has 0 aromatic heterocycles. The molecule has 0 heterocycles. The van der Waals surface area contributed by atoms with Crippen molar-refractivity contribution in [2.24, 2.45) is 39.4 Å². The van der Waals surface area contributed by atoms with Gasteiger partial charge in [0.05, 0.1) is 30.8 Å². The molecule has 0 amide bonds. The molecule has 0 aliphatic heterocycles. The Morgan fingerprint density at radius 1 is 0.721 bits per heavy atom. The molecule has 0 radical (unpaired) electrons. The van der Waals surface area contributed by atoms with Crippen molar-refractivity contribution in [2.45, 2.75) is 122 Å². The van der Waals surface area contributed by atoms with E-state index in [1.54, 1.807) is 6.92 Å². The van der Waals surface area contributed by atoms with Crippen molar-refractivity contribution in [3.05, 3.63) is 0 Å². The Morgan fingerprint density at radius 3 is 1.44 bits per heavy atom. The maximum Gasteiger partial charge on any atom is 0.185 e. The van der Waals surface area contributed by atoms with Crippen LogP contribution >= 0.6 is 12.6 Å². The molecule has 0 unspecified atom stereocenters. The number of aliphatic hydroxyl groups is 5. The van der Waals surface area contributed by atoms with Crippen LogP contribution in [-0.4, -0.2) is 117 Å². The van der Waals surface area contributed by atoms with E-state index in [1.807, 2.05) is 0 Å². The van der Waals surface area contributed by atoms with E-state index in [0.717, 1.165) is 44.3 Å². The highest BCUT2D eigenvalue weighted by Gasteiger charge is 2.28. The van der Waals surface area contributed by atoms with E-state index >= 15 is 0 Å². The summed E-state index contributed by atoms with van der Waals surface area (Å²) in [5, 5.41) is 44.5. The Kier molecular flexibility index (Phi) is 35.5. The van der Waals surface area contributed by atoms with E-state index in [0.29, 0.717) is 19.5 Å². The first kappa shape index (κ1) is 48.2. The summed E-state index contributed by atoms with van der Waals surface area (Å²) < 4.78 is 0. The molecular formula is C27H61N7O8S. The third-order valence-corrected chi connectivity index (χ3v) is 6.24. The molecule has 15 nitrogen and oxygen atoms in total. The van der Waals surface area contributed by atoms with E-state index in [-0.39, 0.29) is 47.9 Å². The van der Waals surface area contributed by atoms with Gasteiger partial charge in [0, 0.05) is 6.54 Å². The molecule has 0 aliphatic rings. The summed E-state index contributed by atoms with van der Waals surface area (Å²) in [5.74, 6) is 1.01. The van der Waals surface area contributed by atoms with Crippen LogP contribution in [0.25, 0.3) is 0 Å².